The van der Waals surface area contributed by atoms with Crippen LogP contribution in [0.25, 0.3) is 0 Å². The van der Waals surface area contributed by atoms with E-state index in [9.17, 15) is 4.39 Å². The second kappa shape index (κ2) is 6.59. The Bertz CT molecular complexity index is 656. The molecule has 1 saturated heterocycles. The van der Waals surface area contributed by atoms with Gasteiger partial charge in [-0.25, -0.2) is 4.39 Å². The molecule has 1 aliphatic heterocycles. The molecule has 1 heterocycles. The molecule has 2 atom stereocenters. The van der Waals surface area contributed by atoms with Crippen molar-refractivity contribution in [2.24, 2.45) is 5.73 Å². The van der Waals surface area contributed by atoms with Gasteiger partial charge in [0, 0.05) is 12.5 Å². The Balaban J connectivity index is 0.000000693. The number of rotatable bonds is 0. The minimum atomic E-state index is -0.164. The maximum Gasteiger partial charge on any atom is 0.123 e. The molecule has 0 aromatic heterocycles. The predicted octanol–water partition coefficient (Wildman–Crippen LogP) is 3.94. The first-order valence-corrected chi connectivity index (χ1v) is 7.88. The van der Waals surface area contributed by atoms with Crippen molar-refractivity contribution in [3.8, 4) is 0 Å². The van der Waals surface area contributed by atoms with E-state index in [1.807, 2.05) is 6.07 Å². The average molecular weight is 299 g/mol. The highest BCUT2D eigenvalue weighted by Crippen LogP contribution is 2.46. The molecule has 2 N–H and O–H groups in total. The van der Waals surface area contributed by atoms with E-state index in [-0.39, 0.29) is 11.9 Å². The molecule has 2 nitrogen and oxygen atoms in total. The van der Waals surface area contributed by atoms with Crippen molar-refractivity contribution < 1.29 is 9.13 Å². The predicted molar refractivity (Wildman–Crippen MR) is 86.4 cm³/mol. The summed E-state index contributed by atoms with van der Waals surface area (Å²) >= 11 is 0. The van der Waals surface area contributed by atoms with Crippen LogP contribution in [-0.4, -0.2) is 13.7 Å². The van der Waals surface area contributed by atoms with Gasteiger partial charge in [0.25, 0.3) is 0 Å². The summed E-state index contributed by atoms with van der Waals surface area (Å²) < 4.78 is 19.7. The van der Waals surface area contributed by atoms with Crippen molar-refractivity contribution in [3.63, 3.8) is 0 Å². The number of halogens is 1. The smallest absolute Gasteiger partial charge is 0.123 e. The first kappa shape index (κ1) is 15.2. The van der Waals surface area contributed by atoms with Crippen LogP contribution in [0.5, 0.6) is 0 Å². The van der Waals surface area contributed by atoms with E-state index >= 15 is 0 Å². The number of hydrogen-bond donors (Lipinski definition) is 1. The van der Waals surface area contributed by atoms with E-state index < -0.39 is 0 Å². The molecular formula is C19H22FNO. The van der Waals surface area contributed by atoms with Crippen LogP contribution in [0, 0.1) is 5.82 Å². The van der Waals surface area contributed by atoms with Gasteiger partial charge in [0.1, 0.15) is 5.82 Å². The lowest BCUT2D eigenvalue weighted by Gasteiger charge is -2.32. The van der Waals surface area contributed by atoms with Gasteiger partial charge in [-0.15, -0.1) is 0 Å². The van der Waals surface area contributed by atoms with Gasteiger partial charge < -0.3 is 10.5 Å². The molecule has 4 rings (SSSR count). The lowest BCUT2D eigenvalue weighted by molar-refractivity contribution is -0.00220. The van der Waals surface area contributed by atoms with Crippen molar-refractivity contribution in [2.75, 3.05) is 13.7 Å². The zero-order chi connectivity index (χ0) is 15.5. The van der Waals surface area contributed by atoms with Crippen molar-refractivity contribution >= 4 is 0 Å². The van der Waals surface area contributed by atoms with Crippen molar-refractivity contribution in [1.29, 1.82) is 0 Å². The van der Waals surface area contributed by atoms with Gasteiger partial charge in [-0.05, 0) is 60.7 Å². The topological polar surface area (TPSA) is 35.2 Å². The second-order valence-corrected chi connectivity index (χ2v) is 5.76. The van der Waals surface area contributed by atoms with Gasteiger partial charge in [0.05, 0.1) is 6.10 Å². The number of fused-ring (bicyclic) bond motifs is 5. The summed E-state index contributed by atoms with van der Waals surface area (Å²) in [6.07, 6.45) is 3.10. The number of nitrogens with two attached hydrogens (primary N) is 1. The van der Waals surface area contributed by atoms with Crippen LogP contribution < -0.4 is 5.73 Å². The molecule has 3 heteroatoms. The summed E-state index contributed by atoms with van der Waals surface area (Å²) in [5.41, 5.74) is 9.49. The van der Waals surface area contributed by atoms with Gasteiger partial charge >= 0.3 is 0 Å². The molecule has 2 aromatic carbocycles. The molecule has 0 spiro atoms. The Morgan fingerprint density at radius 3 is 2.68 bits per heavy atom. The fourth-order valence-electron chi connectivity index (χ4n) is 3.66. The summed E-state index contributed by atoms with van der Waals surface area (Å²) in [6.45, 7) is 0.777. The van der Waals surface area contributed by atoms with Crippen LogP contribution in [0.15, 0.2) is 42.5 Å². The minimum absolute atomic E-state index is 0.0121. The first-order chi connectivity index (χ1) is 10.8. The van der Waals surface area contributed by atoms with Crippen LogP contribution >= 0.6 is 0 Å². The first-order valence-electron chi connectivity index (χ1n) is 7.88. The lowest BCUT2D eigenvalue weighted by atomic mass is 9.84. The Hall–Kier alpha value is -1.71. The molecule has 0 bridgehead atoms. The third kappa shape index (κ3) is 2.67. The van der Waals surface area contributed by atoms with Gasteiger partial charge in [-0.1, -0.05) is 30.3 Å². The number of ether oxygens (including phenoxy) is 1. The quantitative estimate of drug-likeness (QED) is 0.799. The molecule has 0 amide bonds. The fourth-order valence-corrected chi connectivity index (χ4v) is 3.66. The highest BCUT2D eigenvalue weighted by atomic mass is 19.1. The zero-order valence-corrected chi connectivity index (χ0v) is 12.9. The molecular weight excluding hydrogens is 277 g/mol. The third-order valence-corrected chi connectivity index (χ3v) is 4.57. The Morgan fingerprint density at radius 2 is 1.82 bits per heavy atom. The van der Waals surface area contributed by atoms with E-state index in [2.05, 4.69) is 30.0 Å². The Kier molecular flexibility index (Phi) is 4.55. The van der Waals surface area contributed by atoms with Gasteiger partial charge in [-0.3, -0.25) is 0 Å². The monoisotopic (exact) mass is 299 g/mol. The van der Waals surface area contributed by atoms with Crippen LogP contribution in [0.3, 0.4) is 0 Å². The van der Waals surface area contributed by atoms with Crippen LogP contribution in [0.4, 0.5) is 4.39 Å². The van der Waals surface area contributed by atoms with E-state index in [1.54, 1.807) is 12.1 Å². The highest BCUT2D eigenvalue weighted by molar-refractivity contribution is 5.44. The molecule has 1 fully saturated rings. The van der Waals surface area contributed by atoms with Gasteiger partial charge in [0.15, 0.2) is 0 Å². The van der Waals surface area contributed by atoms with Crippen molar-refractivity contribution in [1.82, 2.24) is 0 Å². The third-order valence-electron chi connectivity index (χ3n) is 4.57. The van der Waals surface area contributed by atoms with Crippen molar-refractivity contribution in [3.05, 3.63) is 70.5 Å². The van der Waals surface area contributed by atoms with Crippen LogP contribution in [0.1, 0.15) is 47.1 Å². The molecule has 1 aliphatic carbocycles. The maximum absolute atomic E-state index is 13.7. The molecule has 0 unspecified atom stereocenters. The molecule has 0 radical (unpaired) electrons. The number of hydrogen-bond acceptors (Lipinski definition) is 2. The van der Waals surface area contributed by atoms with E-state index in [4.69, 9.17) is 4.74 Å². The molecule has 22 heavy (non-hydrogen) atoms. The fraction of sp³-hybridized carbons (Fsp3) is 0.368. The SMILES string of the molecule is CN.Fc1ccc2c(c1)[C@@H]1OCCC[C@@H]1c1ccccc1C2. The molecule has 2 aliphatic rings. The Labute approximate surface area is 131 Å². The molecule has 2 aromatic rings. The Morgan fingerprint density at radius 1 is 1.05 bits per heavy atom. The van der Waals surface area contributed by atoms with E-state index in [0.717, 1.165) is 31.4 Å². The minimum Gasteiger partial charge on any atom is -0.373 e. The molecule has 116 valence electrons. The largest absolute Gasteiger partial charge is 0.373 e. The highest BCUT2D eigenvalue weighted by Gasteiger charge is 2.34. The summed E-state index contributed by atoms with van der Waals surface area (Å²) in [4.78, 5) is 0. The van der Waals surface area contributed by atoms with Crippen LogP contribution in [0.2, 0.25) is 0 Å². The maximum atomic E-state index is 13.7. The number of benzene rings is 2. The summed E-state index contributed by atoms with van der Waals surface area (Å²) in [5, 5.41) is 0. The standard InChI is InChI=1S/C18H17FO.CH5N/c19-14-8-7-13-10-12-4-1-2-5-15(12)16-6-3-9-20-18(16)17(13)11-14;1-2/h1-2,4-5,7-8,11,16,18H,3,6,9-10H2;2H2,1H3/t16-,18-;/m1./s1. The lowest BCUT2D eigenvalue weighted by Crippen LogP contribution is -2.21. The zero-order valence-electron chi connectivity index (χ0n) is 12.9. The summed E-state index contributed by atoms with van der Waals surface area (Å²) in [7, 11) is 1.50. The van der Waals surface area contributed by atoms with E-state index in [1.165, 1.54) is 23.7 Å². The van der Waals surface area contributed by atoms with Gasteiger partial charge in [0.2, 0.25) is 0 Å². The normalized spacial score (nSPS) is 22.3. The summed E-state index contributed by atoms with van der Waals surface area (Å²) in [6, 6.07) is 13.7. The van der Waals surface area contributed by atoms with Crippen molar-refractivity contribution in [2.45, 2.75) is 31.3 Å². The van der Waals surface area contributed by atoms with E-state index in [0.29, 0.717) is 5.92 Å². The van der Waals surface area contributed by atoms with Gasteiger partial charge in [-0.2, -0.15) is 0 Å². The van der Waals surface area contributed by atoms with Crippen LogP contribution in [-0.2, 0) is 11.2 Å². The summed E-state index contributed by atoms with van der Waals surface area (Å²) in [5.74, 6) is 0.200. The second-order valence-electron chi connectivity index (χ2n) is 5.76. The molecule has 0 saturated carbocycles. The average Bonchev–Trinajstić information content (AvgIpc) is 2.72.